The van der Waals surface area contributed by atoms with E-state index in [0.717, 1.165) is 28.7 Å². The van der Waals surface area contributed by atoms with Gasteiger partial charge in [-0.15, -0.1) is 0 Å². The molecule has 5 N–H and O–H groups in total. The summed E-state index contributed by atoms with van der Waals surface area (Å²) in [5, 5.41) is 20.6. The number of aliphatic hydroxyl groups is 2. The van der Waals surface area contributed by atoms with Gasteiger partial charge in [0.05, 0.1) is 13.2 Å². The highest BCUT2D eigenvalue weighted by Gasteiger charge is 2.51. The van der Waals surface area contributed by atoms with E-state index < -0.39 is 44.7 Å². The van der Waals surface area contributed by atoms with Crippen molar-refractivity contribution >= 4 is 13.6 Å². The lowest BCUT2D eigenvalue weighted by molar-refractivity contribution is -0.0663. The van der Waals surface area contributed by atoms with Crippen LogP contribution in [0.3, 0.4) is 0 Å². The van der Waals surface area contributed by atoms with Crippen molar-refractivity contribution in [2.45, 2.75) is 69.5 Å². The first-order chi connectivity index (χ1) is 15.6. The SMILES string of the molecule is Nc1ccn([C@@H]2O[C@H](COP(=O)(O)OCCC34CC5CC(CC(C5)C3)C4)[C@@H](O)[C@@H]2O)c(=O)n1. The van der Waals surface area contributed by atoms with Gasteiger partial charge in [-0.3, -0.25) is 13.6 Å². The Labute approximate surface area is 191 Å². The van der Waals surface area contributed by atoms with Crippen molar-refractivity contribution in [3.05, 3.63) is 22.7 Å². The van der Waals surface area contributed by atoms with E-state index >= 15 is 0 Å². The van der Waals surface area contributed by atoms with Crippen LogP contribution in [0, 0.1) is 23.2 Å². The molecule has 0 spiro atoms. The fourth-order valence-corrected chi connectivity index (χ4v) is 7.63. The number of nitrogen functional groups attached to an aromatic ring is 1. The van der Waals surface area contributed by atoms with Gasteiger partial charge in [0.15, 0.2) is 6.23 Å². The van der Waals surface area contributed by atoms with Gasteiger partial charge in [0.25, 0.3) is 0 Å². The van der Waals surface area contributed by atoms with Crippen LogP contribution in [0.4, 0.5) is 5.82 Å². The summed E-state index contributed by atoms with van der Waals surface area (Å²) in [6.07, 6.45) is 4.29. The quantitative estimate of drug-likeness (QED) is 0.393. The number of aliphatic hydroxyl groups excluding tert-OH is 2. The highest BCUT2D eigenvalue weighted by atomic mass is 31.2. The zero-order valence-corrected chi connectivity index (χ0v) is 19.3. The zero-order valence-electron chi connectivity index (χ0n) is 18.4. The van der Waals surface area contributed by atoms with Gasteiger partial charge in [-0.25, -0.2) is 9.36 Å². The van der Waals surface area contributed by atoms with Gasteiger partial charge in [-0.2, -0.15) is 4.98 Å². The number of hydrogen-bond donors (Lipinski definition) is 4. The zero-order chi connectivity index (χ0) is 23.4. The molecule has 1 aromatic rings. The van der Waals surface area contributed by atoms with Gasteiger partial charge in [0.2, 0.25) is 0 Å². The number of anilines is 1. The number of rotatable bonds is 8. The van der Waals surface area contributed by atoms with E-state index in [1.807, 2.05) is 0 Å². The molecule has 1 saturated heterocycles. The second kappa shape index (κ2) is 8.71. The van der Waals surface area contributed by atoms with Gasteiger partial charge < -0.3 is 25.6 Å². The van der Waals surface area contributed by atoms with Crippen LogP contribution in [-0.2, 0) is 18.3 Å². The summed E-state index contributed by atoms with van der Waals surface area (Å²) in [4.78, 5) is 25.7. The van der Waals surface area contributed by atoms with Gasteiger partial charge in [-0.05, 0) is 74.2 Å². The fourth-order valence-electron chi connectivity index (χ4n) is 6.89. The first-order valence-corrected chi connectivity index (χ1v) is 13.1. The number of phosphoric ester groups is 1. The number of aromatic nitrogens is 2. The standard InChI is InChI=1S/C21H32N3O8P/c22-16-1-3-24(20(27)23-16)19-18(26)17(25)15(32-19)11-31-33(28,29)30-4-2-21-8-12-5-13(9-21)7-14(6-12)10-21/h1,3,12-15,17-19,25-26H,2,4-11H2,(H,28,29)(H2,22,23,27)/t12?,13?,14?,15-,17-,18+,19-,21?/m1/s1. The smallest absolute Gasteiger partial charge is 0.387 e. The number of phosphoric acid groups is 1. The highest BCUT2D eigenvalue weighted by Crippen LogP contribution is 2.61. The van der Waals surface area contributed by atoms with E-state index in [0.29, 0.717) is 0 Å². The summed E-state index contributed by atoms with van der Waals surface area (Å²) in [7, 11) is -4.38. The molecule has 184 valence electrons. The largest absolute Gasteiger partial charge is 0.472 e. The third-order valence-electron chi connectivity index (χ3n) is 7.92. The molecule has 4 bridgehead atoms. The summed E-state index contributed by atoms with van der Waals surface area (Å²) in [6.45, 7) is -0.358. The molecule has 0 radical (unpaired) electrons. The topological polar surface area (TPSA) is 166 Å². The maximum atomic E-state index is 12.4. The Bertz CT molecular complexity index is 951. The van der Waals surface area contributed by atoms with Crippen molar-refractivity contribution in [3.63, 3.8) is 0 Å². The lowest BCUT2D eigenvalue weighted by atomic mass is 9.49. The highest BCUT2D eigenvalue weighted by molar-refractivity contribution is 7.47. The molecule has 12 heteroatoms. The Balaban J connectivity index is 1.13. The fraction of sp³-hybridized carbons (Fsp3) is 0.810. The summed E-state index contributed by atoms with van der Waals surface area (Å²) >= 11 is 0. The third-order valence-corrected chi connectivity index (χ3v) is 8.90. The van der Waals surface area contributed by atoms with Crippen molar-refractivity contribution in [1.82, 2.24) is 9.55 Å². The molecule has 33 heavy (non-hydrogen) atoms. The summed E-state index contributed by atoms with van der Waals surface area (Å²) < 4.78 is 29.2. The Morgan fingerprint density at radius 3 is 2.39 bits per heavy atom. The van der Waals surface area contributed by atoms with E-state index in [-0.39, 0.29) is 17.8 Å². The summed E-state index contributed by atoms with van der Waals surface area (Å²) in [5.41, 5.74) is 4.93. The predicted octanol–water partition coefficient (Wildman–Crippen LogP) is 1.18. The van der Waals surface area contributed by atoms with E-state index in [4.69, 9.17) is 19.5 Å². The normalized spacial score (nSPS) is 41.4. The van der Waals surface area contributed by atoms with Crippen molar-refractivity contribution < 1.29 is 33.5 Å². The molecule has 5 fully saturated rings. The molecule has 4 aliphatic carbocycles. The Kier molecular flexibility index (Phi) is 6.18. The van der Waals surface area contributed by atoms with Crippen molar-refractivity contribution in [2.24, 2.45) is 23.2 Å². The molecule has 5 aliphatic rings. The lowest BCUT2D eigenvalue weighted by Gasteiger charge is -2.57. The maximum absolute atomic E-state index is 12.4. The number of ether oxygens (including phenoxy) is 1. The van der Waals surface area contributed by atoms with Crippen LogP contribution in [0.5, 0.6) is 0 Å². The number of nitrogens with zero attached hydrogens (tertiary/aromatic N) is 2. The van der Waals surface area contributed by atoms with Crippen LogP contribution >= 0.6 is 7.82 Å². The monoisotopic (exact) mass is 485 g/mol. The molecule has 1 aromatic heterocycles. The van der Waals surface area contributed by atoms with E-state index in [1.165, 1.54) is 50.8 Å². The van der Waals surface area contributed by atoms with E-state index in [1.54, 1.807) is 0 Å². The Morgan fingerprint density at radius 2 is 1.79 bits per heavy atom. The molecular formula is C21H32N3O8P. The average Bonchev–Trinajstić information content (AvgIpc) is 2.99. The average molecular weight is 485 g/mol. The molecule has 1 aliphatic heterocycles. The van der Waals surface area contributed by atoms with E-state index in [2.05, 4.69) is 4.98 Å². The molecule has 11 nitrogen and oxygen atoms in total. The maximum Gasteiger partial charge on any atom is 0.472 e. The minimum absolute atomic E-state index is 0.0103. The Hall–Kier alpha value is -1.33. The molecule has 5 atom stereocenters. The first-order valence-electron chi connectivity index (χ1n) is 11.6. The van der Waals surface area contributed by atoms with Crippen LogP contribution < -0.4 is 11.4 Å². The second-order valence-corrected chi connectivity index (χ2v) is 11.8. The molecular weight excluding hydrogens is 453 g/mol. The molecule has 0 aromatic carbocycles. The first kappa shape index (κ1) is 23.4. The summed E-state index contributed by atoms with van der Waals surface area (Å²) in [5.74, 6) is 2.38. The third kappa shape index (κ3) is 4.77. The van der Waals surface area contributed by atoms with E-state index in [9.17, 15) is 24.5 Å². The summed E-state index contributed by atoms with van der Waals surface area (Å²) in [6, 6.07) is 1.35. The van der Waals surface area contributed by atoms with Gasteiger partial charge in [-0.1, -0.05) is 0 Å². The van der Waals surface area contributed by atoms with Crippen LogP contribution in [0.2, 0.25) is 0 Å². The van der Waals surface area contributed by atoms with Crippen LogP contribution in [-0.4, -0.2) is 56.2 Å². The second-order valence-electron chi connectivity index (χ2n) is 10.4. The predicted molar refractivity (Wildman–Crippen MR) is 116 cm³/mol. The lowest BCUT2D eigenvalue weighted by Crippen LogP contribution is -2.46. The van der Waals surface area contributed by atoms with Crippen LogP contribution in [0.25, 0.3) is 0 Å². The minimum atomic E-state index is -4.38. The molecule has 1 unspecified atom stereocenters. The minimum Gasteiger partial charge on any atom is -0.387 e. The van der Waals surface area contributed by atoms with Gasteiger partial charge in [0, 0.05) is 6.20 Å². The van der Waals surface area contributed by atoms with Crippen molar-refractivity contribution in [3.8, 4) is 0 Å². The molecule has 2 heterocycles. The van der Waals surface area contributed by atoms with Crippen LogP contribution in [0.15, 0.2) is 17.1 Å². The van der Waals surface area contributed by atoms with Gasteiger partial charge >= 0.3 is 13.5 Å². The van der Waals surface area contributed by atoms with Crippen LogP contribution in [0.1, 0.15) is 51.2 Å². The Morgan fingerprint density at radius 1 is 1.15 bits per heavy atom. The molecule has 4 saturated carbocycles. The number of nitrogens with two attached hydrogens (primary N) is 1. The van der Waals surface area contributed by atoms with Crippen molar-refractivity contribution in [2.75, 3.05) is 18.9 Å². The van der Waals surface area contributed by atoms with Crippen molar-refractivity contribution in [1.29, 1.82) is 0 Å². The molecule has 6 rings (SSSR count). The number of hydrogen-bond acceptors (Lipinski definition) is 9. The van der Waals surface area contributed by atoms with Gasteiger partial charge in [0.1, 0.15) is 24.1 Å². The molecule has 0 amide bonds.